The summed E-state index contributed by atoms with van der Waals surface area (Å²) in [4.78, 5) is 0. The smallest absolute Gasteiger partial charge is 0.123 e. The molecule has 2 aromatic carbocycles. The number of benzene rings is 2. The molecule has 0 heterocycles. The molecule has 1 fully saturated rings. The number of hydrogen-bond donors (Lipinski definition) is 0. The summed E-state index contributed by atoms with van der Waals surface area (Å²) in [5.74, 6) is 0.316. The maximum absolute atomic E-state index is 13.3. The summed E-state index contributed by atoms with van der Waals surface area (Å²) in [5.41, 5.74) is 2.91. The van der Waals surface area contributed by atoms with Crippen molar-refractivity contribution in [2.75, 3.05) is 0 Å². The van der Waals surface area contributed by atoms with Gasteiger partial charge in [-0.1, -0.05) is 29.8 Å². The third kappa shape index (κ3) is 2.07. The van der Waals surface area contributed by atoms with Crippen LogP contribution in [0.1, 0.15) is 24.3 Å². The summed E-state index contributed by atoms with van der Waals surface area (Å²) in [6, 6.07) is 13.5. The summed E-state index contributed by atoms with van der Waals surface area (Å²) in [5, 5.41) is 0.677. The van der Waals surface area contributed by atoms with Crippen molar-refractivity contribution in [3.05, 3.63) is 58.9 Å². The Morgan fingerprint density at radius 2 is 2.06 bits per heavy atom. The molecular formula is C15H11ClF. The van der Waals surface area contributed by atoms with Crippen LogP contribution >= 0.6 is 11.6 Å². The van der Waals surface area contributed by atoms with Crippen LogP contribution in [0.25, 0.3) is 11.1 Å². The lowest BCUT2D eigenvalue weighted by Crippen LogP contribution is -1.89. The van der Waals surface area contributed by atoms with E-state index in [0.717, 1.165) is 16.7 Å². The molecule has 0 aliphatic heterocycles. The Labute approximate surface area is 105 Å². The van der Waals surface area contributed by atoms with Crippen molar-refractivity contribution in [2.24, 2.45) is 0 Å². The summed E-state index contributed by atoms with van der Waals surface area (Å²) < 4.78 is 13.3. The second-order valence-corrected chi connectivity index (χ2v) is 4.81. The third-order valence-corrected chi connectivity index (χ3v) is 3.39. The van der Waals surface area contributed by atoms with Gasteiger partial charge in [0.15, 0.2) is 0 Å². The molecule has 1 aliphatic carbocycles. The Balaban J connectivity index is 2.18. The molecule has 0 unspecified atom stereocenters. The van der Waals surface area contributed by atoms with Gasteiger partial charge in [-0.2, -0.15) is 0 Å². The molecule has 0 nitrogen and oxygen atoms in total. The molecule has 0 atom stereocenters. The zero-order chi connectivity index (χ0) is 11.8. The fourth-order valence-electron chi connectivity index (χ4n) is 2.12. The van der Waals surface area contributed by atoms with Crippen molar-refractivity contribution in [3.63, 3.8) is 0 Å². The normalized spacial score (nSPS) is 14.9. The third-order valence-electron chi connectivity index (χ3n) is 3.08. The van der Waals surface area contributed by atoms with Crippen LogP contribution < -0.4 is 0 Å². The molecule has 2 heteroatoms. The van der Waals surface area contributed by atoms with Crippen LogP contribution in [0.15, 0.2) is 36.4 Å². The first-order valence-electron chi connectivity index (χ1n) is 5.72. The highest BCUT2D eigenvalue weighted by Crippen LogP contribution is 2.46. The van der Waals surface area contributed by atoms with E-state index in [-0.39, 0.29) is 5.82 Å². The summed E-state index contributed by atoms with van der Waals surface area (Å²) in [7, 11) is 0. The highest BCUT2D eigenvalue weighted by Gasteiger charge is 2.27. The molecule has 0 spiro atoms. The van der Waals surface area contributed by atoms with Crippen molar-refractivity contribution in [3.8, 4) is 11.1 Å². The molecule has 1 aliphatic rings. The van der Waals surface area contributed by atoms with Crippen LogP contribution in [-0.2, 0) is 0 Å². The highest BCUT2D eigenvalue weighted by molar-refractivity contribution is 6.33. The van der Waals surface area contributed by atoms with Gasteiger partial charge in [-0.3, -0.25) is 0 Å². The molecule has 2 aromatic rings. The topological polar surface area (TPSA) is 0 Å². The average molecular weight is 246 g/mol. The van der Waals surface area contributed by atoms with Gasteiger partial charge in [0.05, 0.1) is 0 Å². The van der Waals surface area contributed by atoms with Crippen LogP contribution in [0, 0.1) is 11.9 Å². The first-order chi connectivity index (χ1) is 8.25. The monoisotopic (exact) mass is 245 g/mol. The lowest BCUT2D eigenvalue weighted by molar-refractivity contribution is 0.628. The standard InChI is InChI=1S/C15H11ClF/c16-14-6-2-5-13(10-7-8-10)15(14)11-3-1-4-12(17)9-11/h1-4,6,9-10H,7-8H2. The van der Waals surface area contributed by atoms with E-state index in [1.807, 2.05) is 18.2 Å². The lowest BCUT2D eigenvalue weighted by Gasteiger charge is -2.10. The van der Waals surface area contributed by atoms with Crippen LogP contribution in [0.5, 0.6) is 0 Å². The maximum atomic E-state index is 13.3. The lowest BCUT2D eigenvalue weighted by atomic mass is 9.96. The second-order valence-electron chi connectivity index (χ2n) is 4.40. The Hall–Kier alpha value is -1.34. The zero-order valence-corrected chi connectivity index (χ0v) is 9.97. The number of hydrogen-bond acceptors (Lipinski definition) is 0. The van der Waals surface area contributed by atoms with Gasteiger partial charge in [-0.15, -0.1) is 0 Å². The Kier molecular flexibility index (Phi) is 2.64. The molecule has 17 heavy (non-hydrogen) atoms. The van der Waals surface area contributed by atoms with Crippen molar-refractivity contribution in [2.45, 2.75) is 18.8 Å². The predicted molar refractivity (Wildman–Crippen MR) is 67.7 cm³/mol. The molecule has 0 N–H and O–H groups in total. The molecule has 85 valence electrons. The zero-order valence-electron chi connectivity index (χ0n) is 9.21. The van der Waals surface area contributed by atoms with Gasteiger partial charge in [-0.05, 0) is 54.2 Å². The van der Waals surface area contributed by atoms with E-state index in [2.05, 4.69) is 6.07 Å². The molecule has 0 aromatic heterocycles. The largest absolute Gasteiger partial charge is 0.207 e. The van der Waals surface area contributed by atoms with Gasteiger partial charge in [-0.25, -0.2) is 4.39 Å². The fourth-order valence-corrected chi connectivity index (χ4v) is 2.39. The molecule has 0 amide bonds. The second kappa shape index (κ2) is 4.15. The predicted octanol–water partition coefficient (Wildman–Crippen LogP) is 4.82. The van der Waals surface area contributed by atoms with Crippen molar-refractivity contribution in [1.82, 2.24) is 0 Å². The molecule has 0 bridgehead atoms. The van der Waals surface area contributed by atoms with Crippen molar-refractivity contribution >= 4 is 11.6 Å². The molecule has 0 saturated heterocycles. The van der Waals surface area contributed by atoms with E-state index < -0.39 is 0 Å². The van der Waals surface area contributed by atoms with Crippen molar-refractivity contribution in [1.29, 1.82) is 0 Å². The van der Waals surface area contributed by atoms with Gasteiger partial charge >= 0.3 is 0 Å². The van der Waals surface area contributed by atoms with Crippen LogP contribution in [0.4, 0.5) is 4.39 Å². The van der Waals surface area contributed by atoms with Gasteiger partial charge < -0.3 is 0 Å². The Bertz CT molecular complexity index is 559. The summed E-state index contributed by atoms with van der Waals surface area (Å²) in [6.45, 7) is 0. The minimum atomic E-state index is -0.232. The number of rotatable bonds is 2. The van der Waals surface area contributed by atoms with Gasteiger partial charge in [0.1, 0.15) is 5.82 Å². The summed E-state index contributed by atoms with van der Waals surface area (Å²) >= 11 is 6.25. The Morgan fingerprint density at radius 1 is 1.24 bits per heavy atom. The van der Waals surface area contributed by atoms with E-state index in [1.165, 1.54) is 25.0 Å². The minimum Gasteiger partial charge on any atom is -0.207 e. The first kappa shape index (κ1) is 10.8. The van der Waals surface area contributed by atoms with E-state index in [1.54, 1.807) is 6.07 Å². The van der Waals surface area contributed by atoms with Gasteiger partial charge in [0.25, 0.3) is 0 Å². The highest BCUT2D eigenvalue weighted by atomic mass is 35.5. The summed E-state index contributed by atoms with van der Waals surface area (Å²) in [6.07, 6.45) is 2.36. The fraction of sp³-hybridized carbons (Fsp3) is 0.200. The minimum absolute atomic E-state index is 0.232. The first-order valence-corrected chi connectivity index (χ1v) is 6.09. The van der Waals surface area contributed by atoms with Gasteiger partial charge in [0, 0.05) is 10.6 Å². The van der Waals surface area contributed by atoms with Crippen LogP contribution in [0.2, 0.25) is 5.02 Å². The van der Waals surface area contributed by atoms with Crippen LogP contribution in [-0.4, -0.2) is 0 Å². The SMILES string of the molecule is Fc1cccc(-c2c(C3CC3)[c]ccc2Cl)c1. The van der Waals surface area contributed by atoms with E-state index in [0.29, 0.717) is 10.9 Å². The average Bonchev–Trinajstić information content (AvgIpc) is 3.12. The molecule has 3 rings (SSSR count). The maximum Gasteiger partial charge on any atom is 0.123 e. The molecule has 1 saturated carbocycles. The Morgan fingerprint density at radius 3 is 2.76 bits per heavy atom. The molecule has 1 radical (unpaired) electrons. The van der Waals surface area contributed by atoms with E-state index in [9.17, 15) is 4.39 Å². The van der Waals surface area contributed by atoms with Gasteiger partial charge in [0.2, 0.25) is 0 Å². The quantitative estimate of drug-likeness (QED) is 0.711. The van der Waals surface area contributed by atoms with E-state index >= 15 is 0 Å². The van der Waals surface area contributed by atoms with E-state index in [4.69, 9.17) is 11.6 Å². The number of halogens is 2. The molecular weight excluding hydrogens is 235 g/mol. The van der Waals surface area contributed by atoms with Crippen molar-refractivity contribution < 1.29 is 4.39 Å². The van der Waals surface area contributed by atoms with Crippen LogP contribution in [0.3, 0.4) is 0 Å².